The zero-order valence-corrected chi connectivity index (χ0v) is 18.4. The normalized spacial score (nSPS) is 23.7. The van der Waals surface area contributed by atoms with Gasteiger partial charge in [-0.25, -0.2) is 0 Å². The number of carbonyl (C=O) groups excluding carboxylic acids is 2. The van der Waals surface area contributed by atoms with Crippen LogP contribution in [0.15, 0.2) is 48.5 Å². The van der Waals surface area contributed by atoms with E-state index in [0.29, 0.717) is 13.1 Å². The highest BCUT2D eigenvalue weighted by Crippen LogP contribution is 2.29. The zero-order valence-electron chi connectivity index (χ0n) is 17.5. The summed E-state index contributed by atoms with van der Waals surface area (Å²) in [4.78, 5) is 27.9. The number of carbonyl (C=O) groups is 2. The molecular weight excluding hydrogens is 396 g/mol. The largest absolute Gasteiger partial charge is 0.338 e. The molecule has 2 aromatic rings. The average Bonchev–Trinajstić information content (AvgIpc) is 2.93. The minimum atomic E-state index is -0.0218. The van der Waals surface area contributed by atoms with Gasteiger partial charge >= 0.3 is 0 Å². The third kappa shape index (κ3) is 4.76. The van der Waals surface area contributed by atoms with Gasteiger partial charge in [0.25, 0.3) is 5.91 Å². The van der Waals surface area contributed by atoms with Crippen LogP contribution in [0.25, 0.3) is 0 Å². The van der Waals surface area contributed by atoms with Gasteiger partial charge in [0.15, 0.2) is 5.78 Å². The molecule has 3 atom stereocenters. The molecule has 1 heterocycles. The van der Waals surface area contributed by atoms with Crippen molar-refractivity contribution < 1.29 is 9.59 Å². The summed E-state index contributed by atoms with van der Waals surface area (Å²) < 4.78 is 0. The van der Waals surface area contributed by atoms with E-state index in [0.717, 1.165) is 43.2 Å². The van der Waals surface area contributed by atoms with Crippen molar-refractivity contribution in [3.63, 3.8) is 0 Å². The molecule has 2 N–H and O–H groups in total. The number of halogens is 1. The highest BCUT2D eigenvalue weighted by molar-refractivity contribution is 5.98. The summed E-state index contributed by atoms with van der Waals surface area (Å²) in [6.45, 7) is 3.34. The minimum Gasteiger partial charge on any atom is -0.338 e. The molecule has 1 saturated heterocycles. The van der Waals surface area contributed by atoms with Crippen LogP contribution in [0.1, 0.15) is 58.0 Å². The number of nitrogens with two attached hydrogens (primary N) is 1. The zero-order chi connectivity index (χ0) is 20.4. The highest BCUT2D eigenvalue weighted by Gasteiger charge is 2.34. The molecule has 3 unspecified atom stereocenters. The van der Waals surface area contributed by atoms with Crippen molar-refractivity contribution in [2.75, 3.05) is 13.1 Å². The predicted octanol–water partition coefficient (Wildman–Crippen LogP) is 4.30. The second-order valence-electron chi connectivity index (χ2n) is 8.69. The fourth-order valence-electron chi connectivity index (χ4n) is 4.85. The number of Topliss-reactive ketones (excluding diaryl/α,β-unsaturated/α-hetero) is 1. The lowest BCUT2D eigenvalue weighted by Crippen LogP contribution is -2.45. The van der Waals surface area contributed by atoms with Gasteiger partial charge in [-0.05, 0) is 61.3 Å². The lowest BCUT2D eigenvalue weighted by molar-refractivity contribution is 0.0561. The Morgan fingerprint density at radius 1 is 1.00 bits per heavy atom. The number of hydrogen-bond donors (Lipinski definition) is 1. The monoisotopic (exact) mass is 426 g/mol. The molecule has 0 radical (unpaired) electrons. The Morgan fingerprint density at radius 3 is 2.50 bits per heavy atom. The number of amides is 1. The van der Waals surface area contributed by atoms with Crippen LogP contribution in [0.3, 0.4) is 0 Å². The molecular formula is C25H31ClN2O2. The molecule has 0 bridgehead atoms. The third-order valence-electron chi connectivity index (χ3n) is 6.54. The van der Waals surface area contributed by atoms with Crippen LogP contribution in [0.2, 0.25) is 0 Å². The summed E-state index contributed by atoms with van der Waals surface area (Å²) in [6, 6.07) is 15.8. The standard InChI is InChI=1S/C25H30N2O2.ClH/c1-17-16-27(13-12-23(17)24(28)19-6-3-2-4-7-19)25(29)20-11-10-18-8-5-9-22(26)15-21(18)14-20;/h2-4,6-7,10-11,14,17,22-23H,5,8-9,12-13,15-16,26H2,1H3;1H. The molecule has 4 rings (SSSR count). The average molecular weight is 427 g/mol. The fourth-order valence-corrected chi connectivity index (χ4v) is 4.85. The highest BCUT2D eigenvalue weighted by atomic mass is 35.5. The van der Waals surface area contributed by atoms with Crippen LogP contribution >= 0.6 is 12.4 Å². The summed E-state index contributed by atoms with van der Waals surface area (Å²) in [7, 11) is 0. The number of hydrogen-bond acceptors (Lipinski definition) is 3. The molecule has 0 spiro atoms. The number of likely N-dealkylation sites (tertiary alicyclic amines) is 1. The van der Waals surface area contributed by atoms with Gasteiger partial charge in [0.05, 0.1) is 0 Å². The van der Waals surface area contributed by atoms with Crippen LogP contribution < -0.4 is 5.73 Å². The maximum absolute atomic E-state index is 13.2. The number of rotatable bonds is 3. The van der Waals surface area contributed by atoms with E-state index in [1.54, 1.807) is 0 Å². The summed E-state index contributed by atoms with van der Waals surface area (Å²) in [5, 5.41) is 0. The van der Waals surface area contributed by atoms with Crippen LogP contribution in [-0.2, 0) is 12.8 Å². The smallest absolute Gasteiger partial charge is 0.253 e. The lowest BCUT2D eigenvalue weighted by atomic mass is 9.81. The van der Waals surface area contributed by atoms with Gasteiger partial charge in [-0.15, -0.1) is 12.4 Å². The number of aryl methyl sites for hydroxylation is 1. The Labute approximate surface area is 185 Å². The summed E-state index contributed by atoms with van der Waals surface area (Å²) in [6.07, 6.45) is 4.76. The van der Waals surface area contributed by atoms with E-state index >= 15 is 0 Å². The van der Waals surface area contributed by atoms with Crippen LogP contribution in [0.4, 0.5) is 0 Å². The van der Waals surface area contributed by atoms with Crippen molar-refractivity contribution >= 4 is 24.1 Å². The molecule has 4 nitrogen and oxygen atoms in total. The third-order valence-corrected chi connectivity index (χ3v) is 6.54. The SMILES string of the molecule is CC1CN(C(=O)c2ccc3c(c2)CC(N)CCC3)CCC1C(=O)c1ccccc1.Cl. The van der Waals surface area contributed by atoms with Gasteiger partial charge in [-0.2, -0.15) is 0 Å². The molecule has 0 saturated carbocycles. The molecule has 5 heteroatoms. The molecule has 2 aliphatic rings. The first-order valence-electron chi connectivity index (χ1n) is 10.8. The van der Waals surface area contributed by atoms with Gasteiger partial charge < -0.3 is 10.6 Å². The maximum atomic E-state index is 13.2. The van der Waals surface area contributed by atoms with Crippen molar-refractivity contribution in [3.8, 4) is 0 Å². The maximum Gasteiger partial charge on any atom is 0.253 e. The molecule has 30 heavy (non-hydrogen) atoms. The van der Waals surface area contributed by atoms with Gasteiger partial charge in [-0.1, -0.05) is 43.3 Å². The van der Waals surface area contributed by atoms with E-state index in [-0.39, 0.29) is 42.0 Å². The molecule has 1 aliphatic carbocycles. The number of benzene rings is 2. The van der Waals surface area contributed by atoms with Gasteiger partial charge in [0.2, 0.25) is 0 Å². The van der Waals surface area contributed by atoms with Gasteiger partial charge in [0, 0.05) is 36.2 Å². The summed E-state index contributed by atoms with van der Waals surface area (Å²) in [5.41, 5.74) is 10.3. The van der Waals surface area contributed by atoms with Crippen molar-refractivity contribution in [1.82, 2.24) is 4.90 Å². The molecule has 1 fully saturated rings. The number of piperidine rings is 1. The quantitative estimate of drug-likeness (QED) is 0.588. The van der Waals surface area contributed by atoms with Gasteiger partial charge in [0.1, 0.15) is 0 Å². The molecule has 1 amide bonds. The summed E-state index contributed by atoms with van der Waals surface area (Å²) in [5.74, 6) is 0.397. The van der Waals surface area contributed by atoms with E-state index in [4.69, 9.17) is 5.73 Å². The van der Waals surface area contributed by atoms with Crippen LogP contribution in [-0.4, -0.2) is 35.7 Å². The Bertz CT molecular complexity index is 899. The number of fused-ring (bicyclic) bond motifs is 1. The molecule has 160 valence electrons. The molecule has 0 aromatic heterocycles. The Morgan fingerprint density at radius 2 is 1.77 bits per heavy atom. The van der Waals surface area contributed by atoms with E-state index in [1.165, 1.54) is 11.1 Å². The van der Waals surface area contributed by atoms with Crippen molar-refractivity contribution in [3.05, 3.63) is 70.8 Å². The topological polar surface area (TPSA) is 63.4 Å². The molecule has 2 aromatic carbocycles. The first-order valence-corrected chi connectivity index (χ1v) is 10.8. The first-order chi connectivity index (χ1) is 14.0. The Kier molecular flexibility index (Phi) is 7.32. The minimum absolute atomic E-state index is 0. The van der Waals surface area contributed by atoms with Gasteiger partial charge in [-0.3, -0.25) is 9.59 Å². The second-order valence-corrected chi connectivity index (χ2v) is 8.69. The number of ketones is 1. The lowest BCUT2D eigenvalue weighted by Gasteiger charge is -2.36. The summed E-state index contributed by atoms with van der Waals surface area (Å²) >= 11 is 0. The fraction of sp³-hybridized carbons (Fsp3) is 0.440. The van der Waals surface area contributed by atoms with E-state index < -0.39 is 0 Å². The van der Waals surface area contributed by atoms with E-state index in [2.05, 4.69) is 19.1 Å². The van der Waals surface area contributed by atoms with Crippen molar-refractivity contribution in [2.24, 2.45) is 17.6 Å². The van der Waals surface area contributed by atoms with Crippen LogP contribution in [0.5, 0.6) is 0 Å². The van der Waals surface area contributed by atoms with E-state index in [1.807, 2.05) is 41.3 Å². The Hall–Kier alpha value is -2.17. The first kappa shape index (κ1) is 22.5. The second kappa shape index (κ2) is 9.76. The number of nitrogens with zero attached hydrogens (tertiary/aromatic N) is 1. The Balaban J connectivity index is 0.00000256. The van der Waals surface area contributed by atoms with Crippen LogP contribution in [0, 0.1) is 11.8 Å². The van der Waals surface area contributed by atoms with Crippen molar-refractivity contribution in [2.45, 2.75) is 45.1 Å². The predicted molar refractivity (Wildman–Crippen MR) is 122 cm³/mol. The van der Waals surface area contributed by atoms with Crippen molar-refractivity contribution in [1.29, 1.82) is 0 Å². The van der Waals surface area contributed by atoms with E-state index in [9.17, 15) is 9.59 Å². The molecule has 1 aliphatic heterocycles.